The highest BCUT2D eigenvalue weighted by molar-refractivity contribution is 5.14. The third-order valence-electron chi connectivity index (χ3n) is 2.12. The number of nitrogens with two attached hydrogens (primary N) is 1. The molecule has 2 unspecified atom stereocenters. The van der Waals surface area contributed by atoms with Crippen molar-refractivity contribution in [2.45, 2.75) is 12.0 Å². The van der Waals surface area contributed by atoms with Crippen LogP contribution in [0.15, 0.2) is 0 Å². The van der Waals surface area contributed by atoms with Crippen LogP contribution in [-0.2, 0) is 0 Å². The van der Waals surface area contributed by atoms with Gasteiger partial charge in [-0.15, -0.1) is 0 Å². The third-order valence-corrected chi connectivity index (χ3v) is 2.12. The Morgan fingerprint density at radius 3 is 2.71 bits per heavy atom. The van der Waals surface area contributed by atoms with Crippen molar-refractivity contribution in [2.24, 2.45) is 11.7 Å². The van der Waals surface area contributed by atoms with Gasteiger partial charge in [0.1, 0.15) is 0 Å². The molecule has 1 saturated heterocycles. The van der Waals surface area contributed by atoms with Crippen LogP contribution < -0.4 is 11.1 Å². The fraction of sp³-hybridized carbons (Fsp3) is 1.00. The van der Waals surface area contributed by atoms with Gasteiger partial charge in [-0.05, 0) is 18.9 Å². The van der Waals surface area contributed by atoms with Gasteiger partial charge in [0.05, 0.1) is 0 Å². The van der Waals surface area contributed by atoms with Gasteiger partial charge in [-0.2, -0.15) is 0 Å². The Morgan fingerprint density at radius 2 is 2.57 bits per heavy atom. The summed E-state index contributed by atoms with van der Waals surface area (Å²) in [5.74, 6) is 0.826. The lowest BCUT2D eigenvalue weighted by molar-refractivity contribution is 0.664. The molecule has 2 rings (SSSR count). The van der Waals surface area contributed by atoms with Crippen LogP contribution >= 0.6 is 0 Å². The van der Waals surface area contributed by atoms with Gasteiger partial charge in [-0.1, -0.05) is 0 Å². The molecule has 0 bridgehead atoms. The summed E-state index contributed by atoms with van der Waals surface area (Å²) in [6, 6.07) is 0. The van der Waals surface area contributed by atoms with Gasteiger partial charge < -0.3 is 11.1 Å². The lowest BCUT2D eigenvalue weighted by Crippen LogP contribution is -2.29. The van der Waals surface area contributed by atoms with Crippen LogP contribution in [0.3, 0.4) is 0 Å². The average molecular weight is 98.1 g/mol. The van der Waals surface area contributed by atoms with E-state index in [1.807, 2.05) is 0 Å². The molecule has 0 spiro atoms. The van der Waals surface area contributed by atoms with Crippen molar-refractivity contribution >= 4 is 0 Å². The number of fused-ring (bicyclic) bond motifs is 1. The van der Waals surface area contributed by atoms with E-state index in [0.29, 0.717) is 0 Å². The monoisotopic (exact) mass is 98.1 g/mol. The van der Waals surface area contributed by atoms with Crippen molar-refractivity contribution in [3.05, 3.63) is 0 Å². The molecule has 1 saturated carbocycles. The zero-order valence-electron chi connectivity index (χ0n) is 4.28. The number of hydrogen-bond acceptors (Lipinski definition) is 2. The van der Waals surface area contributed by atoms with Gasteiger partial charge in [-0.25, -0.2) is 0 Å². The van der Waals surface area contributed by atoms with E-state index in [9.17, 15) is 0 Å². The molecular weight excluding hydrogens is 88.1 g/mol. The lowest BCUT2D eigenvalue weighted by atomic mass is 10.3. The normalized spacial score (nSPS) is 57.0. The van der Waals surface area contributed by atoms with Crippen LogP contribution in [0.25, 0.3) is 0 Å². The highest BCUT2D eigenvalue weighted by Crippen LogP contribution is 2.43. The fourth-order valence-electron chi connectivity index (χ4n) is 1.37. The van der Waals surface area contributed by atoms with E-state index in [2.05, 4.69) is 5.32 Å². The van der Waals surface area contributed by atoms with Crippen molar-refractivity contribution < 1.29 is 0 Å². The fourth-order valence-corrected chi connectivity index (χ4v) is 1.37. The number of nitrogens with one attached hydrogen (secondary N) is 1. The summed E-state index contributed by atoms with van der Waals surface area (Å²) in [6.07, 6.45) is 1.26. The maximum Gasteiger partial charge on any atom is 0.0326 e. The quantitative estimate of drug-likeness (QED) is 0.421. The zero-order valence-corrected chi connectivity index (χ0v) is 4.28. The first-order chi connectivity index (χ1) is 3.31. The van der Waals surface area contributed by atoms with Crippen LogP contribution in [0.5, 0.6) is 0 Å². The molecule has 1 heterocycles. The van der Waals surface area contributed by atoms with Gasteiger partial charge in [0.2, 0.25) is 0 Å². The van der Waals surface area contributed by atoms with Crippen LogP contribution in [0.1, 0.15) is 6.42 Å². The highest BCUT2D eigenvalue weighted by atomic mass is 15.1. The molecule has 2 heteroatoms. The van der Waals surface area contributed by atoms with Crippen LogP contribution in [0.2, 0.25) is 0 Å². The summed E-state index contributed by atoms with van der Waals surface area (Å²) in [5.41, 5.74) is 6.04. The molecule has 2 fully saturated rings. The zero-order chi connectivity index (χ0) is 4.91. The topological polar surface area (TPSA) is 38.0 Å². The lowest BCUT2D eigenvalue weighted by Gasteiger charge is -1.98. The van der Waals surface area contributed by atoms with Gasteiger partial charge >= 0.3 is 0 Å². The molecule has 0 amide bonds. The second-order valence-corrected chi connectivity index (χ2v) is 2.77. The minimum Gasteiger partial charge on any atom is -0.324 e. The van der Waals surface area contributed by atoms with Crippen LogP contribution in [-0.4, -0.2) is 18.6 Å². The first-order valence-corrected chi connectivity index (χ1v) is 2.81. The third kappa shape index (κ3) is 0.359. The van der Waals surface area contributed by atoms with E-state index in [0.717, 1.165) is 19.0 Å². The van der Waals surface area contributed by atoms with E-state index in [-0.39, 0.29) is 5.54 Å². The predicted octanol–water partition coefficient (Wildman–Crippen LogP) is -0.693. The summed E-state index contributed by atoms with van der Waals surface area (Å²) in [5, 5.41) is 3.24. The number of piperidine rings is 1. The first kappa shape index (κ1) is 3.87. The largest absolute Gasteiger partial charge is 0.324 e. The molecule has 1 aliphatic heterocycles. The second kappa shape index (κ2) is 0.858. The number of hydrogen-bond donors (Lipinski definition) is 2. The smallest absolute Gasteiger partial charge is 0.0326 e. The first-order valence-electron chi connectivity index (χ1n) is 2.81. The standard InChI is InChI=1S/C5H10N2/c6-5-1-4(5)2-7-3-5/h4,7H,1-3,6H2. The van der Waals surface area contributed by atoms with Gasteiger partial charge in [0.15, 0.2) is 0 Å². The predicted molar refractivity (Wildman–Crippen MR) is 27.9 cm³/mol. The van der Waals surface area contributed by atoms with Crippen molar-refractivity contribution in [3.8, 4) is 0 Å². The molecule has 2 aliphatic rings. The van der Waals surface area contributed by atoms with Crippen molar-refractivity contribution in [2.75, 3.05) is 13.1 Å². The van der Waals surface area contributed by atoms with E-state index in [1.54, 1.807) is 0 Å². The Morgan fingerprint density at radius 1 is 1.71 bits per heavy atom. The SMILES string of the molecule is NC12CNCC1C2. The Kier molecular flexibility index (Phi) is 0.474. The molecule has 0 aromatic carbocycles. The van der Waals surface area contributed by atoms with Crippen LogP contribution in [0, 0.1) is 5.92 Å². The summed E-state index contributed by atoms with van der Waals surface area (Å²) < 4.78 is 0. The summed E-state index contributed by atoms with van der Waals surface area (Å²) in [6.45, 7) is 2.22. The Bertz CT molecular complexity index is 100. The van der Waals surface area contributed by atoms with Crippen molar-refractivity contribution in [1.82, 2.24) is 5.32 Å². The van der Waals surface area contributed by atoms with Crippen molar-refractivity contribution in [3.63, 3.8) is 0 Å². The van der Waals surface area contributed by atoms with Gasteiger partial charge in [0.25, 0.3) is 0 Å². The summed E-state index contributed by atoms with van der Waals surface area (Å²) in [7, 11) is 0. The molecule has 7 heavy (non-hydrogen) atoms. The molecular formula is C5H10N2. The van der Waals surface area contributed by atoms with E-state index in [1.165, 1.54) is 6.42 Å². The average Bonchev–Trinajstić information content (AvgIpc) is 2.09. The maximum atomic E-state index is 5.79. The van der Waals surface area contributed by atoms with Gasteiger partial charge in [-0.3, -0.25) is 0 Å². The van der Waals surface area contributed by atoms with E-state index in [4.69, 9.17) is 5.73 Å². The Labute approximate surface area is 43.1 Å². The maximum absolute atomic E-state index is 5.79. The molecule has 2 nitrogen and oxygen atoms in total. The van der Waals surface area contributed by atoms with E-state index < -0.39 is 0 Å². The molecule has 1 aliphatic carbocycles. The summed E-state index contributed by atoms with van der Waals surface area (Å²) >= 11 is 0. The molecule has 40 valence electrons. The van der Waals surface area contributed by atoms with Crippen molar-refractivity contribution in [1.29, 1.82) is 0 Å². The molecule has 0 aromatic rings. The molecule has 3 N–H and O–H groups in total. The van der Waals surface area contributed by atoms with E-state index >= 15 is 0 Å². The Hall–Kier alpha value is -0.0800. The molecule has 2 atom stereocenters. The molecule has 0 aromatic heterocycles. The highest BCUT2D eigenvalue weighted by Gasteiger charge is 2.53. The number of rotatable bonds is 0. The minimum atomic E-state index is 0.250. The Balaban J connectivity index is 2.17. The minimum absolute atomic E-state index is 0.250. The van der Waals surface area contributed by atoms with Gasteiger partial charge in [0, 0.05) is 12.1 Å². The van der Waals surface area contributed by atoms with Crippen LogP contribution in [0.4, 0.5) is 0 Å². The summed E-state index contributed by atoms with van der Waals surface area (Å²) in [4.78, 5) is 0. The molecule has 0 radical (unpaired) electrons. The second-order valence-electron chi connectivity index (χ2n) is 2.77.